The zero-order valence-electron chi connectivity index (χ0n) is 17.7. The van der Waals surface area contributed by atoms with E-state index in [9.17, 15) is 9.59 Å². The van der Waals surface area contributed by atoms with E-state index in [2.05, 4.69) is 6.07 Å². The summed E-state index contributed by atoms with van der Waals surface area (Å²) in [6.07, 6.45) is 0. The molecule has 160 valence electrons. The lowest BCUT2D eigenvalue weighted by molar-refractivity contribution is 0.514. The number of hydrogen-bond acceptors (Lipinski definition) is 5. The summed E-state index contributed by atoms with van der Waals surface area (Å²) in [5.74, 6) is 0.170. The quantitative estimate of drug-likeness (QED) is 0.291. The summed E-state index contributed by atoms with van der Waals surface area (Å²) in [4.78, 5) is 30.5. The van der Waals surface area contributed by atoms with Gasteiger partial charge in [-0.2, -0.15) is 0 Å². The van der Waals surface area contributed by atoms with Crippen LogP contribution in [-0.4, -0.2) is 19.9 Å². The van der Waals surface area contributed by atoms with Crippen LogP contribution >= 0.6 is 11.8 Å². The molecule has 3 aromatic carbocycles. The van der Waals surface area contributed by atoms with E-state index < -0.39 is 0 Å². The number of oxazole rings is 1. The molecule has 0 radical (unpaired) electrons. The Labute approximate surface area is 188 Å². The fraction of sp³-hybridized carbons (Fsp3) is 0.160. The third-order valence-electron chi connectivity index (χ3n) is 5.33. The van der Waals surface area contributed by atoms with E-state index in [4.69, 9.17) is 9.40 Å². The van der Waals surface area contributed by atoms with E-state index in [0.29, 0.717) is 33.9 Å². The largest absolute Gasteiger partial charge is 0.419 e. The van der Waals surface area contributed by atoms with Crippen LogP contribution in [0.1, 0.15) is 11.1 Å². The minimum absolute atomic E-state index is 0.103. The molecule has 0 aliphatic carbocycles. The number of aromatic nitrogens is 3. The lowest BCUT2D eigenvalue weighted by Gasteiger charge is -2.14. The van der Waals surface area contributed by atoms with Crippen LogP contribution in [0.15, 0.2) is 85.9 Å². The van der Waals surface area contributed by atoms with Crippen LogP contribution in [0, 0.1) is 13.8 Å². The van der Waals surface area contributed by atoms with Crippen LogP contribution in [0.3, 0.4) is 0 Å². The van der Waals surface area contributed by atoms with Gasteiger partial charge in [0.05, 0.1) is 22.1 Å². The van der Waals surface area contributed by atoms with Gasteiger partial charge in [-0.05, 0) is 61.4 Å². The van der Waals surface area contributed by atoms with Crippen molar-refractivity contribution in [1.29, 1.82) is 0 Å². The minimum atomic E-state index is -0.384. The standard InChI is InChI=1S/C25H21N3O3S/c1-16-13-17(2)15-18(14-16)28-23(29)19-7-3-4-8-20(19)26-24(28)32-12-11-27-21-9-5-6-10-22(21)31-25(27)30/h3-10,13-15H,11-12H2,1-2H3. The van der Waals surface area contributed by atoms with E-state index in [1.165, 1.54) is 11.8 Å². The van der Waals surface area contributed by atoms with Gasteiger partial charge in [-0.15, -0.1) is 0 Å². The molecule has 5 aromatic rings. The van der Waals surface area contributed by atoms with Gasteiger partial charge in [0.2, 0.25) is 0 Å². The molecule has 2 aromatic heterocycles. The molecule has 5 rings (SSSR count). The fourth-order valence-corrected chi connectivity index (χ4v) is 4.91. The number of hydrogen-bond donors (Lipinski definition) is 0. The number of fused-ring (bicyclic) bond motifs is 2. The number of aryl methyl sites for hydroxylation is 3. The van der Waals surface area contributed by atoms with Gasteiger partial charge in [0.1, 0.15) is 0 Å². The second kappa shape index (κ2) is 8.16. The monoisotopic (exact) mass is 443 g/mol. The highest BCUT2D eigenvalue weighted by atomic mass is 32.2. The van der Waals surface area contributed by atoms with Gasteiger partial charge in [-0.1, -0.05) is 42.1 Å². The van der Waals surface area contributed by atoms with Crippen molar-refractivity contribution >= 4 is 33.8 Å². The van der Waals surface area contributed by atoms with Crippen molar-refractivity contribution in [3.05, 3.63) is 98.8 Å². The van der Waals surface area contributed by atoms with Crippen molar-refractivity contribution in [3.8, 4) is 5.69 Å². The Kier molecular flexibility index (Phi) is 5.19. The fourth-order valence-electron chi connectivity index (χ4n) is 3.97. The van der Waals surface area contributed by atoms with Crippen LogP contribution in [0.2, 0.25) is 0 Å². The van der Waals surface area contributed by atoms with Crippen LogP contribution in [0.25, 0.3) is 27.7 Å². The summed E-state index contributed by atoms with van der Waals surface area (Å²) >= 11 is 1.45. The summed E-state index contributed by atoms with van der Waals surface area (Å²) < 4.78 is 8.61. The predicted molar refractivity (Wildman–Crippen MR) is 128 cm³/mol. The Morgan fingerprint density at radius 3 is 2.47 bits per heavy atom. The highest BCUT2D eigenvalue weighted by Crippen LogP contribution is 2.23. The molecule has 0 saturated heterocycles. The molecule has 0 amide bonds. The first-order valence-corrected chi connectivity index (χ1v) is 11.3. The van der Waals surface area contributed by atoms with Crippen molar-refractivity contribution < 1.29 is 4.42 Å². The number of para-hydroxylation sites is 3. The first kappa shape index (κ1) is 20.3. The molecule has 7 heteroatoms. The lowest BCUT2D eigenvalue weighted by Crippen LogP contribution is -2.22. The Bertz CT molecular complexity index is 1560. The van der Waals surface area contributed by atoms with E-state index in [1.807, 2.05) is 62.4 Å². The zero-order chi connectivity index (χ0) is 22.2. The zero-order valence-corrected chi connectivity index (χ0v) is 18.6. The SMILES string of the molecule is Cc1cc(C)cc(-n2c(SCCn3c(=O)oc4ccccc43)nc3ccccc3c2=O)c1. The van der Waals surface area contributed by atoms with E-state index in [-0.39, 0.29) is 11.3 Å². The second-order valence-corrected chi connectivity index (χ2v) is 8.80. The lowest BCUT2D eigenvalue weighted by atomic mass is 10.1. The Hall–Kier alpha value is -3.58. The molecule has 0 aliphatic heterocycles. The Balaban J connectivity index is 1.56. The normalized spacial score (nSPS) is 11.4. The molecule has 0 bridgehead atoms. The summed E-state index contributed by atoms with van der Waals surface area (Å²) in [6, 6.07) is 20.8. The van der Waals surface area contributed by atoms with E-state index in [1.54, 1.807) is 21.3 Å². The molecule has 0 atom stereocenters. The van der Waals surface area contributed by atoms with Crippen molar-refractivity contribution in [1.82, 2.24) is 14.1 Å². The van der Waals surface area contributed by atoms with Crippen molar-refractivity contribution in [2.24, 2.45) is 0 Å². The molecule has 2 heterocycles. The Morgan fingerprint density at radius 1 is 0.938 bits per heavy atom. The number of thioether (sulfide) groups is 1. The molecule has 32 heavy (non-hydrogen) atoms. The third-order valence-corrected chi connectivity index (χ3v) is 6.25. The Morgan fingerprint density at radius 2 is 1.66 bits per heavy atom. The molecule has 0 unspecified atom stereocenters. The molecular formula is C25H21N3O3S. The van der Waals surface area contributed by atoms with Crippen LogP contribution < -0.4 is 11.3 Å². The first-order valence-electron chi connectivity index (χ1n) is 10.3. The second-order valence-electron chi connectivity index (χ2n) is 7.73. The van der Waals surface area contributed by atoms with Crippen LogP contribution in [-0.2, 0) is 6.54 Å². The van der Waals surface area contributed by atoms with Gasteiger partial charge >= 0.3 is 5.76 Å². The van der Waals surface area contributed by atoms with Crippen LogP contribution in [0.4, 0.5) is 0 Å². The molecule has 0 spiro atoms. The predicted octanol–water partition coefficient (Wildman–Crippen LogP) is 4.70. The molecule has 6 nitrogen and oxygen atoms in total. The molecule has 0 N–H and O–H groups in total. The molecule has 0 saturated carbocycles. The van der Waals surface area contributed by atoms with Gasteiger partial charge in [-0.25, -0.2) is 9.78 Å². The maximum absolute atomic E-state index is 13.4. The molecular weight excluding hydrogens is 422 g/mol. The number of nitrogens with zero attached hydrogens (tertiary/aromatic N) is 3. The smallest absolute Gasteiger partial charge is 0.408 e. The third kappa shape index (κ3) is 3.65. The summed E-state index contributed by atoms with van der Waals surface area (Å²) in [7, 11) is 0. The van der Waals surface area contributed by atoms with Crippen molar-refractivity contribution in [3.63, 3.8) is 0 Å². The van der Waals surface area contributed by atoms with Crippen molar-refractivity contribution in [2.45, 2.75) is 25.5 Å². The van der Waals surface area contributed by atoms with Gasteiger partial charge in [0, 0.05) is 12.3 Å². The highest BCUT2D eigenvalue weighted by Gasteiger charge is 2.15. The van der Waals surface area contributed by atoms with E-state index >= 15 is 0 Å². The maximum Gasteiger partial charge on any atom is 0.419 e. The van der Waals surface area contributed by atoms with Crippen LogP contribution in [0.5, 0.6) is 0 Å². The summed E-state index contributed by atoms with van der Waals surface area (Å²) in [5, 5.41) is 1.17. The van der Waals surface area contributed by atoms with Gasteiger partial charge in [0.25, 0.3) is 5.56 Å². The van der Waals surface area contributed by atoms with E-state index in [0.717, 1.165) is 22.3 Å². The van der Waals surface area contributed by atoms with Gasteiger partial charge < -0.3 is 4.42 Å². The summed E-state index contributed by atoms with van der Waals surface area (Å²) in [6.45, 7) is 4.47. The topological polar surface area (TPSA) is 70.0 Å². The number of rotatable bonds is 5. The highest BCUT2D eigenvalue weighted by molar-refractivity contribution is 7.99. The number of benzene rings is 3. The maximum atomic E-state index is 13.4. The first-order chi connectivity index (χ1) is 15.5. The molecule has 0 fully saturated rings. The molecule has 0 aliphatic rings. The minimum Gasteiger partial charge on any atom is -0.408 e. The average Bonchev–Trinajstić information content (AvgIpc) is 3.08. The van der Waals surface area contributed by atoms with Gasteiger partial charge in [-0.3, -0.25) is 13.9 Å². The summed E-state index contributed by atoms with van der Waals surface area (Å²) in [5.41, 5.74) is 4.83. The van der Waals surface area contributed by atoms with Crippen molar-refractivity contribution in [2.75, 3.05) is 5.75 Å². The average molecular weight is 444 g/mol. The van der Waals surface area contributed by atoms with Gasteiger partial charge in [0.15, 0.2) is 10.7 Å².